The molecule has 0 fully saturated rings. The Hall–Kier alpha value is -1.73. The standard InChI is InChI=1S/C14H10BrFN4S/c15-11-6-10(7-12(16)8-11)9-21-14-17-18-19-20(14)13-4-2-1-3-5-13/h1-8H,9H2. The van der Waals surface area contributed by atoms with E-state index in [1.54, 1.807) is 4.68 Å². The van der Waals surface area contributed by atoms with Gasteiger partial charge < -0.3 is 0 Å². The van der Waals surface area contributed by atoms with Crippen molar-refractivity contribution in [3.63, 3.8) is 0 Å². The fourth-order valence-electron chi connectivity index (χ4n) is 1.84. The van der Waals surface area contributed by atoms with E-state index in [0.29, 0.717) is 10.9 Å². The summed E-state index contributed by atoms with van der Waals surface area (Å²) >= 11 is 4.75. The molecular formula is C14H10BrFN4S. The van der Waals surface area contributed by atoms with E-state index in [0.717, 1.165) is 15.7 Å². The molecule has 3 aromatic rings. The summed E-state index contributed by atoms with van der Waals surface area (Å²) in [4.78, 5) is 0. The molecule has 0 saturated heterocycles. The second kappa shape index (κ2) is 6.36. The summed E-state index contributed by atoms with van der Waals surface area (Å²) in [5.74, 6) is 0.325. The normalized spacial score (nSPS) is 10.8. The van der Waals surface area contributed by atoms with Gasteiger partial charge in [0.05, 0.1) is 5.69 Å². The molecule has 2 aromatic carbocycles. The Labute approximate surface area is 133 Å². The number of benzene rings is 2. The molecule has 106 valence electrons. The minimum absolute atomic E-state index is 0.261. The van der Waals surface area contributed by atoms with E-state index >= 15 is 0 Å². The van der Waals surface area contributed by atoms with Gasteiger partial charge in [-0.25, -0.2) is 4.39 Å². The fourth-order valence-corrected chi connectivity index (χ4v) is 3.18. The molecule has 1 heterocycles. The molecule has 0 N–H and O–H groups in total. The molecule has 0 bridgehead atoms. The second-order valence-electron chi connectivity index (χ2n) is 4.28. The lowest BCUT2D eigenvalue weighted by Crippen LogP contribution is -1.98. The molecule has 1 aromatic heterocycles. The summed E-state index contributed by atoms with van der Waals surface area (Å²) in [6.45, 7) is 0. The SMILES string of the molecule is Fc1cc(Br)cc(CSc2nnnn2-c2ccccc2)c1. The number of nitrogens with zero attached hydrogens (tertiary/aromatic N) is 4. The van der Waals surface area contributed by atoms with Crippen molar-refractivity contribution < 1.29 is 4.39 Å². The lowest BCUT2D eigenvalue weighted by molar-refractivity contribution is 0.625. The van der Waals surface area contributed by atoms with Crippen LogP contribution in [0.15, 0.2) is 58.2 Å². The van der Waals surface area contributed by atoms with Gasteiger partial charge in [0, 0.05) is 10.2 Å². The van der Waals surface area contributed by atoms with Gasteiger partial charge >= 0.3 is 0 Å². The van der Waals surface area contributed by atoms with E-state index in [2.05, 4.69) is 31.5 Å². The third-order valence-electron chi connectivity index (χ3n) is 2.73. The number of aromatic nitrogens is 4. The Balaban J connectivity index is 1.79. The largest absolute Gasteiger partial charge is 0.214 e. The maximum Gasteiger partial charge on any atom is 0.214 e. The zero-order valence-electron chi connectivity index (χ0n) is 10.8. The van der Waals surface area contributed by atoms with E-state index in [1.165, 1.54) is 23.9 Å². The third kappa shape index (κ3) is 3.48. The van der Waals surface area contributed by atoms with E-state index < -0.39 is 0 Å². The highest BCUT2D eigenvalue weighted by atomic mass is 79.9. The Morgan fingerprint density at radius 2 is 1.95 bits per heavy atom. The van der Waals surface area contributed by atoms with Crippen LogP contribution in [0.1, 0.15) is 5.56 Å². The van der Waals surface area contributed by atoms with Crippen molar-refractivity contribution >= 4 is 27.7 Å². The van der Waals surface area contributed by atoms with Gasteiger partial charge in [0.25, 0.3) is 0 Å². The van der Waals surface area contributed by atoms with Crippen LogP contribution in [0.2, 0.25) is 0 Å². The predicted molar refractivity (Wildman–Crippen MR) is 82.8 cm³/mol. The summed E-state index contributed by atoms with van der Waals surface area (Å²) < 4.78 is 15.7. The third-order valence-corrected chi connectivity index (χ3v) is 4.18. The van der Waals surface area contributed by atoms with Crippen LogP contribution >= 0.6 is 27.7 Å². The molecular weight excluding hydrogens is 355 g/mol. The first-order valence-corrected chi connectivity index (χ1v) is 7.92. The molecule has 0 aliphatic carbocycles. The first-order chi connectivity index (χ1) is 10.2. The molecule has 0 aliphatic rings. The van der Waals surface area contributed by atoms with Crippen molar-refractivity contribution in [1.82, 2.24) is 20.2 Å². The molecule has 4 nitrogen and oxygen atoms in total. The summed E-state index contributed by atoms with van der Waals surface area (Å²) in [7, 11) is 0. The van der Waals surface area contributed by atoms with Crippen LogP contribution in [0.3, 0.4) is 0 Å². The number of tetrazole rings is 1. The van der Waals surface area contributed by atoms with Crippen molar-refractivity contribution in [2.24, 2.45) is 0 Å². The van der Waals surface area contributed by atoms with E-state index in [4.69, 9.17) is 0 Å². The van der Waals surface area contributed by atoms with Crippen LogP contribution in [0.4, 0.5) is 4.39 Å². The Kier molecular flexibility index (Phi) is 4.31. The summed E-state index contributed by atoms with van der Waals surface area (Å²) in [6.07, 6.45) is 0. The summed E-state index contributed by atoms with van der Waals surface area (Å²) in [6, 6.07) is 14.5. The first-order valence-electron chi connectivity index (χ1n) is 6.14. The highest BCUT2D eigenvalue weighted by Gasteiger charge is 2.09. The fraction of sp³-hybridized carbons (Fsp3) is 0.0714. The quantitative estimate of drug-likeness (QED) is 0.659. The number of thioether (sulfide) groups is 1. The minimum atomic E-state index is -0.261. The van der Waals surface area contributed by atoms with Gasteiger partial charge in [0.15, 0.2) is 0 Å². The van der Waals surface area contributed by atoms with Crippen LogP contribution in [0.25, 0.3) is 5.69 Å². The molecule has 21 heavy (non-hydrogen) atoms. The highest BCUT2D eigenvalue weighted by molar-refractivity contribution is 9.10. The number of hydrogen-bond donors (Lipinski definition) is 0. The molecule has 3 rings (SSSR count). The van der Waals surface area contributed by atoms with Gasteiger partial charge in [0.1, 0.15) is 5.82 Å². The zero-order chi connectivity index (χ0) is 14.7. The topological polar surface area (TPSA) is 43.6 Å². The number of hydrogen-bond acceptors (Lipinski definition) is 4. The van der Waals surface area contributed by atoms with E-state index in [9.17, 15) is 4.39 Å². The van der Waals surface area contributed by atoms with Crippen molar-refractivity contribution in [2.45, 2.75) is 10.9 Å². The molecule has 0 radical (unpaired) electrons. The van der Waals surface area contributed by atoms with Crippen molar-refractivity contribution in [1.29, 1.82) is 0 Å². The average Bonchev–Trinajstić information content (AvgIpc) is 2.93. The minimum Gasteiger partial charge on any atom is -0.207 e. The molecule has 0 aliphatic heterocycles. The van der Waals surface area contributed by atoms with Crippen molar-refractivity contribution in [2.75, 3.05) is 0 Å². The molecule has 0 amide bonds. The zero-order valence-corrected chi connectivity index (χ0v) is 13.2. The van der Waals surface area contributed by atoms with Crippen molar-refractivity contribution in [3.05, 3.63) is 64.4 Å². The molecule has 0 saturated carbocycles. The average molecular weight is 365 g/mol. The van der Waals surface area contributed by atoms with Crippen LogP contribution < -0.4 is 0 Å². The van der Waals surface area contributed by atoms with Crippen molar-refractivity contribution in [3.8, 4) is 5.69 Å². The number of para-hydroxylation sites is 1. The lowest BCUT2D eigenvalue weighted by atomic mass is 10.2. The molecule has 0 spiro atoms. The second-order valence-corrected chi connectivity index (χ2v) is 6.13. The molecule has 7 heteroatoms. The van der Waals surface area contributed by atoms with Crippen LogP contribution in [-0.2, 0) is 5.75 Å². The highest BCUT2D eigenvalue weighted by Crippen LogP contribution is 2.24. The van der Waals surface area contributed by atoms with Crippen LogP contribution in [-0.4, -0.2) is 20.2 Å². The first kappa shape index (κ1) is 14.2. The van der Waals surface area contributed by atoms with Gasteiger partial charge in [-0.15, -0.1) is 5.10 Å². The molecule has 0 unspecified atom stereocenters. The number of rotatable bonds is 4. The Morgan fingerprint density at radius 1 is 1.14 bits per heavy atom. The van der Waals surface area contributed by atoms with E-state index in [1.807, 2.05) is 36.4 Å². The van der Waals surface area contributed by atoms with Gasteiger partial charge in [-0.2, -0.15) is 4.68 Å². The van der Waals surface area contributed by atoms with Gasteiger partial charge in [-0.3, -0.25) is 0 Å². The number of halogens is 2. The predicted octanol–water partition coefficient (Wildman–Crippen LogP) is 3.86. The Bertz CT molecular complexity index is 727. The summed E-state index contributed by atoms with van der Waals surface area (Å²) in [5.41, 5.74) is 1.76. The van der Waals surface area contributed by atoms with Gasteiger partial charge in [0.2, 0.25) is 5.16 Å². The van der Waals surface area contributed by atoms with Crippen LogP contribution in [0, 0.1) is 5.82 Å². The molecule has 0 atom stereocenters. The Morgan fingerprint density at radius 3 is 2.71 bits per heavy atom. The maximum atomic E-state index is 13.4. The van der Waals surface area contributed by atoms with Crippen LogP contribution in [0.5, 0.6) is 0 Å². The maximum absolute atomic E-state index is 13.4. The summed E-state index contributed by atoms with van der Waals surface area (Å²) in [5, 5.41) is 12.4. The van der Waals surface area contributed by atoms with Gasteiger partial charge in [-0.1, -0.05) is 45.9 Å². The van der Waals surface area contributed by atoms with Gasteiger partial charge in [-0.05, 0) is 46.3 Å². The smallest absolute Gasteiger partial charge is 0.207 e. The monoisotopic (exact) mass is 364 g/mol. The van der Waals surface area contributed by atoms with E-state index in [-0.39, 0.29) is 5.82 Å². The lowest BCUT2D eigenvalue weighted by Gasteiger charge is -2.04.